The van der Waals surface area contributed by atoms with Crippen molar-refractivity contribution in [3.63, 3.8) is 0 Å². The summed E-state index contributed by atoms with van der Waals surface area (Å²) in [6.07, 6.45) is 0. The lowest BCUT2D eigenvalue weighted by Gasteiger charge is -2.13. The average Bonchev–Trinajstić information content (AvgIpc) is 2.60. The predicted octanol–water partition coefficient (Wildman–Crippen LogP) is 3.70. The smallest absolute Gasteiger partial charge is 0.273 e. The number of hydrogen-bond acceptors (Lipinski definition) is 4. The highest BCUT2D eigenvalue weighted by molar-refractivity contribution is 6.45. The van der Waals surface area contributed by atoms with Crippen molar-refractivity contribution in [1.29, 1.82) is 0 Å². The Kier molecular flexibility index (Phi) is 5.95. The molecule has 1 amide bonds. The van der Waals surface area contributed by atoms with Gasteiger partial charge in [-0.15, -0.1) is 0 Å². The molecule has 0 aliphatic carbocycles. The van der Waals surface area contributed by atoms with Gasteiger partial charge in [-0.3, -0.25) is 4.79 Å². The van der Waals surface area contributed by atoms with E-state index in [9.17, 15) is 4.79 Å². The van der Waals surface area contributed by atoms with Crippen molar-refractivity contribution in [2.45, 2.75) is 19.8 Å². The van der Waals surface area contributed by atoms with E-state index in [-0.39, 0.29) is 11.6 Å². The van der Waals surface area contributed by atoms with E-state index in [0.29, 0.717) is 23.0 Å². The summed E-state index contributed by atoms with van der Waals surface area (Å²) >= 11 is 0. The number of benzene rings is 2. The van der Waals surface area contributed by atoms with Gasteiger partial charge >= 0.3 is 0 Å². The third kappa shape index (κ3) is 4.13. The summed E-state index contributed by atoms with van der Waals surface area (Å²) in [4.78, 5) is 16.8. The second-order valence-corrected chi connectivity index (χ2v) is 5.52. The van der Waals surface area contributed by atoms with Gasteiger partial charge in [0, 0.05) is 7.05 Å². The van der Waals surface area contributed by atoms with Crippen LogP contribution in [0.4, 0.5) is 0 Å². The topological polar surface area (TPSA) is 59.9 Å². The number of hydrogen-bond donors (Lipinski definition) is 1. The van der Waals surface area contributed by atoms with Crippen LogP contribution >= 0.6 is 0 Å². The number of rotatable bonds is 6. The van der Waals surface area contributed by atoms with E-state index >= 15 is 0 Å². The number of oxime groups is 1. The van der Waals surface area contributed by atoms with Crippen LogP contribution in [0, 0.1) is 0 Å². The number of likely N-dealkylation sites (N-methyl/N-ethyl adjacent to an activating group) is 1. The molecule has 2 aromatic rings. The third-order valence-electron chi connectivity index (χ3n) is 3.54. The van der Waals surface area contributed by atoms with Gasteiger partial charge in [0.25, 0.3) is 5.91 Å². The van der Waals surface area contributed by atoms with E-state index in [1.54, 1.807) is 19.2 Å². The van der Waals surface area contributed by atoms with Crippen molar-refractivity contribution in [3.05, 3.63) is 59.7 Å². The molecular weight excluding hydrogens is 304 g/mol. The van der Waals surface area contributed by atoms with Gasteiger partial charge in [0.2, 0.25) is 0 Å². The maximum Gasteiger partial charge on any atom is 0.273 e. The van der Waals surface area contributed by atoms with Crippen LogP contribution in [0.5, 0.6) is 11.5 Å². The lowest BCUT2D eigenvalue weighted by molar-refractivity contribution is -0.114. The molecule has 0 atom stereocenters. The highest BCUT2D eigenvalue weighted by Gasteiger charge is 2.18. The molecule has 0 aliphatic heterocycles. The SMILES string of the molecule is CNC(=O)/C(=N\OC)c1ccccc1Oc1ccc(C(C)C)cc1. The highest BCUT2D eigenvalue weighted by Crippen LogP contribution is 2.27. The van der Waals surface area contributed by atoms with Gasteiger partial charge in [-0.05, 0) is 35.7 Å². The zero-order valence-electron chi connectivity index (χ0n) is 14.4. The van der Waals surface area contributed by atoms with Gasteiger partial charge in [0.15, 0.2) is 5.71 Å². The van der Waals surface area contributed by atoms with E-state index in [1.165, 1.54) is 12.7 Å². The lowest BCUT2D eigenvalue weighted by atomic mass is 10.0. The molecule has 0 aromatic heterocycles. The largest absolute Gasteiger partial charge is 0.457 e. The molecule has 0 unspecified atom stereocenters. The molecule has 0 saturated heterocycles. The zero-order valence-corrected chi connectivity index (χ0v) is 14.4. The summed E-state index contributed by atoms with van der Waals surface area (Å²) < 4.78 is 5.95. The number of carbonyl (C=O) groups excluding carboxylic acids is 1. The number of carbonyl (C=O) groups is 1. The van der Waals surface area contributed by atoms with Crippen molar-refractivity contribution in [1.82, 2.24) is 5.32 Å². The summed E-state index contributed by atoms with van der Waals surface area (Å²) in [5, 5.41) is 6.38. The van der Waals surface area contributed by atoms with E-state index < -0.39 is 0 Å². The van der Waals surface area contributed by atoms with Gasteiger partial charge < -0.3 is 14.9 Å². The molecular formula is C19H22N2O3. The summed E-state index contributed by atoms with van der Waals surface area (Å²) in [5.74, 6) is 1.35. The molecule has 5 nitrogen and oxygen atoms in total. The van der Waals surface area contributed by atoms with Gasteiger partial charge in [0.05, 0.1) is 5.56 Å². The minimum atomic E-state index is -0.344. The van der Waals surface area contributed by atoms with Crippen molar-refractivity contribution in [3.8, 4) is 11.5 Å². The van der Waals surface area contributed by atoms with Crippen LogP contribution < -0.4 is 10.1 Å². The van der Waals surface area contributed by atoms with Gasteiger partial charge in [-0.1, -0.05) is 43.3 Å². The molecule has 0 heterocycles. The second-order valence-electron chi connectivity index (χ2n) is 5.52. The number of nitrogens with zero attached hydrogens (tertiary/aromatic N) is 1. The summed E-state index contributed by atoms with van der Waals surface area (Å²) in [5.41, 5.74) is 1.96. The predicted molar refractivity (Wildman–Crippen MR) is 94.7 cm³/mol. The molecule has 0 fully saturated rings. The summed E-state index contributed by atoms with van der Waals surface area (Å²) in [6.45, 7) is 4.28. The van der Waals surface area contributed by atoms with Crippen LogP contribution in [0.25, 0.3) is 0 Å². The van der Waals surface area contributed by atoms with Crippen LogP contribution in [0.15, 0.2) is 53.7 Å². The first-order chi connectivity index (χ1) is 11.6. The normalized spacial score (nSPS) is 11.3. The van der Waals surface area contributed by atoms with Crippen molar-refractivity contribution < 1.29 is 14.4 Å². The van der Waals surface area contributed by atoms with Crippen LogP contribution in [0.1, 0.15) is 30.9 Å². The molecule has 2 aromatic carbocycles. The first kappa shape index (κ1) is 17.5. The van der Waals surface area contributed by atoms with Crippen LogP contribution in [-0.4, -0.2) is 25.8 Å². The average molecular weight is 326 g/mol. The monoisotopic (exact) mass is 326 g/mol. The third-order valence-corrected chi connectivity index (χ3v) is 3.54. The molecule has 5 heteroatoms. The number of para-hydroxylation sites is 1. The molecule has 0 bridgehead atoms. The molecule has 1 N–H and O–H groups in total. The Morgan fingerprint density at radius 1 is 1.08 bits per heavy atom. The zero-order chi connectivity index (χ0) is 17.5. The first-order valence-corrected chi connectivity index (χ1v) is 7.77. The van der Waals surface area contributed by atoms with E-state index in [1.807, 2.05) is 36.4 Å². The van der Waals surface area contributed by atoms with Gasteiger partial charge in [-0.25, -0.2) is 0 Å². The maximum atomic E-state index is 12.0. The Morgan fingerprint density at radius 3 is 2.33 bits per heavy atom. The van der Waals surface area contributed by atoms with Crippen molar-refractivity contribution in [2.24, 2.45) is 5.16 Å². The first-order valence-electron chi connectivity index (χ1n) is 7.77. The van der Waals surface area contributed by atoms with Gasteiger partial charge in [0.1, 0.15) is 18.6 Å². The van der Waals surface area contributed by atoms with Crippen molar-refractivity contribution >= 4 is 11.6 Å². The molecule has 2 rings (SSSR count). The molecule has 0 saturated carbocycles. The van der Waals surface area contributed by atoms with E-state index in [0.717, 1.165) is 0 Å². The Morgan fingerprint density at radius 2 is 1.75 bits per heavy atom. The Hall–Kier alpha value is -2.82. The molecule has 0 aliphatic rings. The number of nitrogens with one attached hydrogen (secondary N) is 1. The fraction of sp³-hybridized carbons (Fsp3) is 0.263. The Balaban J connectivity index is 2.34. The maximum absolute atomic E-state index is 12.0. The molecule has 0 radical (unpaired) electrons. The molecule has 126 valence electrons. The standard InChI is InChI=1S/C19H22N2O3/c1-13(2)14-9-11-15(12-10-14)24-17-8-6-5-7-16(17)18(21-23-4)19(22)20-3/h5-13H,1-4H3,(H,20,22)/b21-18-. The van der Waals surface area contributed by atoms with Crippen LogP contribution in [-0.2, 0) is 9.63 Å². The fourth-order valence-electron chi connectivity index (χ4n) is 2.22. The van der Waals surface area contributed by atoms with Crippen LogP contribution in [0.3, 0.4) is 0 Å². The highest BCUT2D eigenvalue weighted by atomic mass is 16.6. The molecule has 0 spiro atoms. The molecule has 24 heavy (non-hydrogen) atoms. The Bertz CT molecular complexity index is 722. The summed E-state index contributed by atoms with van der Waals surface area (Å²) in [7, 11) is 2.94. The van der Waals surface area contributed by atoms with Crippen molar-refractivity contribution in [2.75, 3.05) is 14.2 Å². The minimum Gasteiger partial charge on any atom is -0.457 e. The second kappa shape index (κ2) is 8.15. The Labute approximate surface area is 142 Å². The van der Waals surface area contributed by atoms with Gasteiger partial charge in [-0.2, -0.15) is 0 Å². The fourth-order valence-corrected chi connectivity index (χ4v) is 2.22. The lowest BCUT2D eigenvalue weighted by Crippen LogP contribution is -2.28. The van der Waals surface area contributed by atoms with E-state index in [4.69, 9.17) is 9.57 Å². The quantitative estimate of drug-likeness (QED) is 0.650. The van der Waals surface area contributed by atoms with E-state index in [2.05, 4.69) is 24.3 Å². The number of amides is 1. The summed E-state index contributed by atoms with van der Waals surface area (Å²) in [6, 6.07) is 15.1. The number of ether oxygens (including phenoxy) is 1. The van der Waals surface area contributed by atoms with Crippen LogP contribution in [0.2, 0.25) is 0 Å². The minimum absolute atomic E-state index is 0.161.